The lowest BCUT2D eigenvalue weighted by molar-refractivity contribution is 0.236. The van der Waals surface area contributed by atoms with Gasteiger partial charge in [0.15, 0.2) is 0 Å². The molecule has 0 spiro atoms. The monoisotopic (exact) mass is 318 g/mol. The summed E-state index contributed by atoms with van der Waals surface area (Å²) in [4.78, 5) is 0. The maximum Gasteiger partial charge on any atom is 0.261 e. The first-order valence-corrected chi connectivity index (χ1v) is 9.31. The number of nitrogens with one attached hydrogen (secondary N) is 2. The van der Waals surface area contributed by atoms with Crippen molar-refractivity contribution < 1.29 is 25.9 Å². The summed E-state index contributed by atoms with van der Waals surface area (Å²) in [6, 6.07) is 0.858. The second kappa shape index (κ2) is 6.95. The first-order chi connectivity index (χ1) is 8.29. The summed E-state index contributed by atoms with van der Waals surface area (Å²) < 4.78 is 51.7. The Hall–Kier alpha value is -0.260. The average Bonchev–Trinajstić information content (AvgIpc) is 2.78. The Balaban J connectivity index is 0.000000283. The highest BCUT2D eigenvalue weighted by Gasteiger charge is 2.36. The normalized spacial score (nSPS) is 21.1. The van der Waals surface area contributed by atoms with E-state index in [4.69, 9.17) is 9.11 Å². The van der Waals surface area contributed by atoms with Crippen molar-refractivity contribution in [2.45, 2.75) is 31.3 Å². The van der Waals surface area contributed by atoms with E-state index in [1.54, 1.807) is 0 Å². The van der Waals surface area contributed by atoms with Crippen LogP contribution in [0.2, 0.25) is 0 Å². The zero-order valence-corrected chi connectivity index (χ0v) is 12.9. The Labute approximate surface area is 114 Å². The van der Waals surface area contributed by atoms with Gasteiger partial charge in [-0.2, -0.15) is 16.8 Å². The van der Waals surface area contributed by atoms with Crippen LogP contribution in [0.5, 0.6) is 0 Å². The highest BCUT2D eigenvalue weighted by Crippen LogP contribution is 2.23. The Morgan fingerprint density at radius 2 is 1.37 bits per heavy atom. The summed E-state index contributed by atoms with van der Waals surface area (Å²) >= 11 is 0. The predicted molar refractivity (Wildman–Crippen MR) is 72.4 cm³/mol. The zero-order valence-electron chi connectivity index (χ0n) is 11.2. The highest BCUT2D eigenvalue weighted by molar-refractivity contribution is 7.85. The maximum atomic E-state index is 9.19. The molecule has 0 aromatic rings. The number of rotatable bonds is 2. The average molecular weight is 318 g/mol. The summed E-state index contributed by atoms with van der Waals surface area (Å²) in [6.45, 7) is 4.61. The Kier molecular flexibility index (Phi) is 6.86. The van der Waals surface area contributed by atoms with E-state index in [0.717, 1.165) is 19.1 Å². The quantitative estimate of drug-likeness (QED) is 0.482. The minimum Gasteiger partial charge on any atom is -0.313 e. The molecule has 10 heteroatoms. The van der Waals surface area contributed by atoms with E-state index in [1.807, 2.05) is 0 Å². The molecule has 0 atom stereocenters. The van der Waals surface area contributed by atoms with Crippen molar-refractivity contribution in [2.75, 3.05) is 25.6 Å². The first kappa shape index (κ1) is 18.7. The standard InChI is InChI=1S/C7H14N2.2CH4O3S/c1-7(4-8-5-7)9-6-2-3-6;2*1-5(2,3)4/h6,8-9H,2-5H2,1H3;2*1H3,(H,2,3,4). The van der Waals surface area contributed by atoms with Gasteiger partial charge in [0.2, 0.25) is 0 Å². The molecule has 19 heavy (non-hydrogen) atoms. The van der Waals surface area contributed by atoms with Crippen LogP contribution in [-0.4, -0.2) is 63.1 Å². The Bertz CT molecular complexity index is 419. The van der Waals surface area contributed by atoms with Crippen LogP contribution in [0.15, 0.2) is 0 Å². The van der Waals surface area contributed by atoms with Gasteiger partial charge in [-0.25, -0.2) is 0 Å². The third-order valence-corrected chi connectivity index (χ3v) is 2.16. The van der Waals surface area contributed by atoms with E-state index in [1.165, 1.54) is 12.8 Å². The van der Waals surface area contributed by atoms with Crippen LogP contribution in [0.1, 0.15) is 19.8 Å². The van der Waals surface area contributed by atoms with Gasteiger partial charge in [0.25, 0.3) is 20.2 Å². The largest absolute Gasteiger partial charge is 0.313 e. The molecule has 0 bridgehead atoms. The van der Waals surface area contributed by atoms with Gasteiger partial charge in [0, 0.05) is 24.7 Å². The van der Waals surface area contributed by atoms with E-state index in [9.17, 15) is 16.8 Å². The fraction of sp³-hybridized carbons (Fsp3) is 1.00. The van der Waals surface area contributed by atoms with Gasteiger partial charge < -0.3 is 10.6 Å². The number of hydrogen-bond donors (Lipinski definition) is 4. The molecule has 0 radical (unpaired) electrons. The minimum atomic E-state index is -3.67. The van der Waals surface area contributed by atoms with Crippen LogP contribution in [0.3, 0.4) is 0 Å². The molecular weight excluding hydrogens is 296 g/mol. The smallest absolute Gasteiger partial charge is 0.261 e. The molecule has 4 N–H and O–H groups in total. The molecule has 1 saturated carbocycles. The summed E-state index contributed by atoms with van der Waals surface area (Å²) in [5.74, 6) is 0. The van der Waals surface area contributed by atoms with Gasteiger partial charge in [0.1, 0.15) is 0 Å². The number of hydrogen-bond acceptors (Lipinski definition) is 6. The van der Waals surface area contributed by atoms with Crippen LogP contribution in [0, 0.1) is 0 Å². The molecule has 2 aliphatic rings. The van der Waals surface area contributed by atoms with Crippen LogP contribution >= 0.6 is 0 Å². The molecule has 0 aromatic heterocycles. The van der Waals surface area contributed by atoms with E-state index in [2.05, 4.69) is 17.6 Å². The fourth-order valence-corrected chi connectivity index (χ4v) is 1.32. The van der Waals surface area contributed by atoms with Crippen LogP contribution in [-0.2, 0) is 20.2 Å². The van der Waals surface area contributed by atoms with Gasteiger partial charge in [-0.05, 0) is 19.8 Å². The van der Waals surface area contributed by atoms with Crippen molar-refractivity contribution in [3.63, 3.8) is 0 Å². The molecule has 2 rings (SSSR count). The van der Waals surface area contributed by atoms with E-state index < -0.39 is 20.2 Å². The second-order valence-electron chi connectivity index (χ2n) is 5.05. The lowest BCUT2D eigenvalue weighted by Gasteiger charge is -2.40. The van der Waals surface area contributed by atoms with Crippen molar-refractivity contribution in [1.82, 2.24) is 10.6 Å². The molecule has 1 saturated heterocycles. The molecule has 0 aromatic carbocycles. The van der Waals surface area contributed by atoms with Crippen molar-refractivity contribution in [3.8, 4) is 0 Å². The molecule has 1 heterocycles. The summed E-state index contributed by atoms with van der Waals surface area (Å²) in [6.07, 6.45) is 4.23. The molecule has 8 nitrogen and oxygen atoms in total. The Morgan fingerprint density at radius 1 is 1.05 bits per heavy atom. The lowest BCUT2D eigenvalue weighted by atomic mass is 9.95. The van der Waals surface area contributed by atoms with Crippen molar-refractivity contribution >= 4 is 20.2 Å². The third kappa shape index (κ3) is 17.7. The summed E-state index contributed by atoms with van der Waals surface area (Å²) in [7, 11) is -7.33. The molecule has 1 aliphatic carbocycles. The molecular formula is C9H22N2O6S2. The van der Waals surface area contributed by atoms with Crippen molar-refractivity contribution in [1.29, 1.82) is 0 Å². The van der Waals surface area contributed by atoms with Gasteiger partial charge in [0.05, 0.1) is 12.5 Å². The Morgan fingerprint density at radius 3 is 1.53 bits per heavy atom. The lowest BCUT2D eigenvalue weighted by Crippen LogP contribution is -2.66. The van der Waals surface area contributed by atoms with Gasteiger partial charge in [-0.3, -0.25) is 9.11 Å². The van der Waals surface area contributed by atoms with E-state index >= 15 is 0 Å². The minimum absolute atomic E-state index is 0.446. The third-order valence-electron chi connectivity index (χ3n) is 2.16. The van der Waals surface area contributed by atoms with E-state index in [-0.39, 0.29) is 0 Å². The molecule has 1 aliphatic heterocycles. The van der Waals surface area contributed by atoms with Gasteiger partial charge in [-0.1, -0.05) is 0 Å². The van der Waals surface area contributed by atoms with Crippen molar-refractivity contribution in [3.05, 3.63) is 0 Å². The topological polar surface area (TPSA) is 133 Å². The second-order valence-corrected chi connectivity index (χ2v) is 7.98. The fourth-order valence-electron chi connectivity index (χ4n) is 1.32. The highest BCUT2D eigenvalue weighted by atomic mass is 32.2. The maximum absolute atomic E-state index is 9.19. The SMILES string of the molecule is CC1(NC2CC2)CNC1.CS(=O)(=O)O.CS(=O)(=O)O. The van der Waals surface area contributed by atoms with E-state index in [0.29, 0.717) is 18.1 Å². The predicted octanol–water partition coefficient (Wildman–Crippen LogP) is -0.892. The summed E-state index contributed by atoms with van der Waals surface area (Å²) in [5.41, 5.74) is 0.446. The van der Waals surface area contributed by atoms with Crippen molar-refractivity contribution in [2.24, 2.45) is 0 Å². The molecule has 116 valence electrons. The van der Waals surface area contributed by atoms with Crippen LogP contribution < -0.4 is 10.6 Å². The zero-order chi connectivity index (χ0) is 15.3. The van der Waals surface area contributed by atoms with Crippen LogP contribution in [0.4, 0.5) is 0 Å². The molecule has 0 unspecified atom stereocenters. The molecule has 2 fully saturated rings. The van der Waals surface area contributed by atoms with Gasteiger partial charge >= 0.3 is 0 Å². The summed E-state index contributed by atoms with van der Waals surface area (Å²) in [5, 5.41) is 6.88. The molecule has 0 amide bonds. The van der Waals surface area contributed by atoms with Crippen LogP contribution in [0.25, 0.3) is 0 Å². The first-order valence-electron chi connectivity index (χ1n) is 5.62. The van der Waals surface area contributed by atoms with Gasteiger partial charge in [-0.15, -0.1) is 0 Å².